The van der Waals surface area contributed by atoms with E-state index in [9.17, 15) is 13.2 Å². The van der Waals surface area contributed by atoms with Crippen molar-refractivity contribution in [1.82, 2.24) is 14.2 Å². The molecule has 3 rings (SSSR count). The highest BCUT2D eigenvalue weighted by molar-refractivity contribution is 7.99. The number of rotatable bonds is 6. The number of hydrogen-bond donors (Lipinski definition) is 1. The summed E-state index contributed by atoms with van der Waals surface area (Å²) in [6.45, 7) is 5.62. The van der Waals surface area contributed by atoms with Gasteiger partial charge in [-0.25, -0.2) is 8.42 Å². The van der Waals surface area contributed by atoms with Crippen LogP contribution in [-0.2, 0) is 14.8 Å². The van der Waals surface area contributed by atoms with E-state index in [1.807, 2.05) is 6.92 Å². The van der Waals surface area contributed by atoms with Gasteiger partial charge in [0.15, 0.2) is 0 Å². The number of sulfonamides is 1. The van der Waals surface area contributed by atoms with Gasteiger partial charge in [-0.05, 0) is 19.4 Å². The fourth-order valence-corrected chi connectivity index (χ4v) is 5.72. The van der Waals surface area contributed by atoms with Gasteiger partial charge in [0, 0.05) is 56.4 Å². The van der Waals surface area contributed by atoms with Crippen LogP contribution in [0.4, 0.5) is 0 Å². The molecule has 2 fully saturated rings. The number of hydrogen-bond acceptors (Lipinski definition) is 5. The van der Waals surface area contributed by atoms with E-state index in [-0.39, 0.29) is 10.8 Å². The average Bonchev–Trinajstić information content (AvgIpc) is 3.32. The molecule has 140 valence electrons. The van der Waals surface area contributed by atoms with Crippen LogP contribution in [0.5, 0.6) is 0 Å². The Hall–Kier alpha value is -1.03. The van der Waals surface area contributed by atoms with E-state index in [0.717, 1.165) is 24.5 Å². The molecule has 2 saturated heterocycles. The molecule has 0 spiro atoms. The van der Waals surface area contributed by atoms with Crippen molar-refractivity contribution in [2.75, 3.05) is 50.9 Å². The summed E-state index contributed by atoms with van der Waals surface area (Å²) in [7, 11) is -3.53. The third-order valence-corrected chi connectivity index (χ3v) is 7.49. The Labute approximate surface area is 153 Å². The molecule has 1 aromatic heterocycles. The van der Waals surface area contributed by atoms with Gasteiger partial charge in [-0.1, -0.05) is 0 Å². The normalized spacial score (nSPS) is 22.2. The first-order chi connectivity index (χ1) is 12.0. The number of ether oxygens (including phenoxy) is 1. The van der Waals surface area contributed by atoms with Gasteiger partial charge in [-0.15, -0.1) is 0 Å². The third kappa shape index (κ3) is 4.21. The summed E-state index contributed by atoms with van der Waals surface area (Å²) in [4.78, 5) is 17.5. The maximum atomic E-state index is 12.7. The maximum Gasteiger partial charge on any atom is 0.270 e. The summed E-state index contributed by atoms with van der Waals surface area (Å²) in [5.41, 5.74) is 0.325. The summed E-state index contributed by atoms with van der Waals surface area (Å²) in [6, 6.07) is 1.47. The van der Waals surface area contributed by atoms with Gasteiger partial charge in [0.25, 0.3) is 5.91 Å². The molecular weight excluding hydrogens is 362 g/mol. The summed E-state index contributed by atoms with van der Waals surface area (Å²) in [5.74, 6) is 1.81. The first kappa shape index (κ1) is 18.8. The molecule has 1 amide bonds. The van der Waals surface area contributed by atoms with Gasteiger partial charge in [0.05, 0.1) is 6.61 Å². The Morgan fingerprint density at radius 1 is 1.44 bits per heavy atom. The molecule has 0 saturated carbocycles. The minimum absolute atomic E-state index is 0.162. The minimum Gasteiger partial charge on any atom is -0.381 e. The highest BCUT2D eigenvalue weighted by Gasteiger charge is 2.29. The molecule has 7 nitrogen and oxygen atoms in total. The van der Waals surface area contributed by atoms with Gasteiger partial charge >= 0.3 is 0 Å². The monoisotopic (exact) mass is 387 g/mol. The second kappa shape index (κ2) is 8.11. The van der Waals surface area contributed by atoms with Crippen LogP contribution < -0.4 is 0 Å². The maximum absolute atomic E-state index is 12.7. The van der Waals surface area contributed by atoms with Crippen LogP contribution in [0.1, 0.15) is 23.8 Å². The second-order valence-corrected chi connectivity index (χ2v) is 9.50. The number of H-pyrrole nitrogens is 1. The van der Waals surface area contributed by atoms with Crippen molar-refractivity contribution in [3.05, 3.63) is 18.0 Å². The smallest absolute Gasteiger partial charge is 0.270 e. The lowest BCUT2D eigenvalue weighted by molar-refractivity contribution is 0.0725. The zero-order chi connectivity index (χ0) is 17.9. The third-order valence-electron chi connectivity index (χ3n) is 4.67. The number of nitrogens with one attached hydrogen (secondary N) is 1. The van der Waals surface area contributed by atoms with Crippen molar-refractivity contribution in [3.8, 4) is 0 Å². The first-order valence-electron chi connectivity index (χ1n) is 8.65. The Balaban J connectivity index is 1.71. The highest BCUT2D eigenvalue weighted by Crippen LogP contribution is 2.22. The molecule has 0 radical (unpaired) electrons. The molecule has 1 N–H and O–H groups in total. The minimum atomic E-state index is -3.53. The van der Waals surface area contributed by atoms with Crippen LogP contribution in [0.25, 0.3) is 0 Å². The van der Waals surface area contributed by atoms with Gasteiger partial charge in [-0.2, -0.15) is 16.1 Å². The van der Waals surface area contributed by atoms with E-state index >= 15 is 0 Å². The first-order valence-corrected chi connectivity index (χ1v) is 11.2. The summed E-state index contributed by atoms with van der Waals surface area (Å²) in [6.07, 6.45) is 2.39. The zero-order valence-electron chi connectivity index (χ0n) is 14.4. The number of carbonyl (C=O) groups is 1. The lowest BCUT2D eigenvalue weighted by atomic mass is 10.1. The molecule has 2 aliphatic heterocycles. The van der Waals surface area contributed by atoms with Gasteiger partial charge in [0.1, 0.15) is 10.6 Å². The largest absolute Gasteiger partial charge is 0.381 e. The Kier molecular flexibility index (Phi) is 6.08. The van der Waals surface area contributed by atoms with Crippen LogP contribution in [0.2, 0.25) is 0 Å². The van der Waals surface area contributed by atoms with Crippen molar-refractivity contribution in [2.24, 2.45) is 5.92 Å². The Morgan fingerprint density at radius 2 is 2.20 bits per heavy atom. The van der Waals surface area contributed by atoms with Crippen LogP contribution in [0, 0.1) is 5.92 Å². The lowest BCUT2D eigenvalue weighted by Crippen LogP contribution is -2.37. The molecular formula is C16H25N3O4S2. The predicted molar refractivity (Wildman–Crippen MR) is 97.4 cm³/mol. The summed E-state index contributed by atoms with van der Waals surface area (Å²) >= 11 is 1.76. The number of aromatic amines is 1. The lowest BCUT2D eigenvalue weighted by Gasteiger charge is -2.25. The van der Waals surface area contributed by atoms with Crippen LogP contribution >= 0.6 is 11.8 Å². The van der Waals surface area contributed by atoms with E-state index in [2.05, 4.69) is 4.98 Å². The molecule has 25 heavy (non-hydrogen) atoms. The van der Waals surface area contributed by atoms with Gasteiger partial charge in [-0.3, -0.25) is 4.79 Å². The fraction of sp³-hybridized carbons (Fsp3) is 0.688. The van der Waals surface area contributed by atoms with Crippen molar-refractivity contribution >= 4 is 27.7 Å². The predicted octanol–water partition coefficient (Wildman–Crippen LogP) is 1.25. The molecule has 0 aliphatic carbocycles. The number of nitrogens with zero attached hydrogens (tertiary/aromatic N) is 2. The topological polar surface area (TPSA) is 82.7 Å². The molecule has 1 atom stereocenters. The summed E-state index contributed by atoms with van der Waals surface area (Å²) < 4.78 is 32.3. The number of aromatic nitrogens is 1. The molecule has 9 heteroatoms. The van der Waals surface area contributed by atoms with E-state index in [4.69, 9.17) is 4.74 Å². The Morgan fingerprint density at radius 3 is 2.84 bits per heavy atom. The average molecular weight is 388 g/mol. The van der Waals surface area contributed by atoms with Crippen LogP contribution in [-0.4, -0.2) is 79.4 Å². The quantitative estimate of drug-likeness (QED) is 0.794. The second-order valence-electron chi connectivity index (χ2n) is 6.34. The van der Waals surface area contributed by atoms with E-state index < -0.39 is 10.0 Å². The Bertz CT molecular complexity index is 692. The van der Waals surface area contributed by atoms with Crippen LogP contribution in [0.15, 0.2) is 17.2 Å². The number of thioether (sulfide) groups is 1. The van der Waals surface area contributed by atoms with Crippen molar-refractivity contribution in [1.29, 1.82) is 0 Å². The molecule has 0 bridgehead atoms. The van der Waals surface area contributed by atoms with Crippen molar-refractivity contribution < 1.29 is 17.9 Å². The molecule has 3 heterocycles. The van der Waals surface area contributed by atoms with Crippen LogP contribution in [0.3, 0.4) is 0 Å². The van der Waals surface area contributed by atoms with Gasteiger partial charge < -0.3 is 14.6 Å². The number of amides is 1. The van der Waals surface area contributed by atoms with E-state index in [1.54, 1.807) is 16.7 Å². The zero-order valence-corrected chi connectivity index (χ0v) is 16.1. The molecule has 0 aromatic carbocycles. The van der Waals surface area contributed by atoms with E-state index in [0.29, 0.717) is 44.4 Å². The SMILES string of the molecule is CCN(CC1CCOC1)C(=O)c1cc(S(=O)(=O)N2CCSCC2)c[nH]1. The molecule has 1 aromatic rings. The fourth-order valence-electron chi connectivity index (χ4n) is 3.15. The highest BCUT2D eigenvalue weighted by atomic mass is 32.2. The molecule has 1 unspecified atom stereocenters. The standard InChI is InChI=1S/C16H25N3O4S2/c1-2-18(11-13-3-6-23-12-13)16(20)15-9-14(10-17-15)25(21,22)19-4-7-24-8-5-19/h9-10,13,17H,2-8,11-12H2,1H3. The van der Waals surface area contributed by atoms with E-state index in [1.165, 1.54) is 16.6 Å². The summed E-state index contributed by atoms with van der Waals surface area (Å²) in [5, 5.41) is 0. The van der Waals surface area contributed by atoms with Gasteiger partial charge in [0.2, 0.25) is 10.0 Å². The van der Waals surface area contributed by atoms with Crippen molar-refractivity contribution in [2.45, 2.75) is 18.2 Å². The molecule has 2 aliphatic rings. The van der Waals surface area contributed by atoms with Crippen molar-refractivity contribution in [3.63, 3.8) is 0 Å². The number of carbonyl (C=O) groups excluding carboxylic acids is 1.